The maximum atomic E-state index is 13.3. The van der Waals surface area contributed by atoms with E-state index in [1.165, 1.54) is 28.7 Å². The van der Waals surface area contributed by atoms with Crippen LogP contribution in [0.3, 0.4) is 0 Å². The summed E-state index contributed by atoms with van der Waals surface area (Å²) in [4.78, 5) is 49.4. The number of aromatic nitrogens is 2. The van der Waals surface area contributed by atoms with E-state index in [0.717, 1.165) is 21.0 Å². The molecule has 3 aromatic carbocycles. The van der Waals surface area contributed by atoms with Gasteiger partial charge in [-0.05, 0) is 61.9 Å². The largest absolute Gasteiger partial charge is 0.321 e. The molecule has 8 nitrogen and oxygen atoms in total. The van der Waals surface area contributed by atoms with E-state index in [-0.39, 0.29) is 17.4 Å². The van der Waals surface area contributed by atoms with E-state index in [0.29, 0.717) is 21.9 Å². The minimum absolute atomic E-state index is 0.0630. The van der Waals surface area contributed by atoms with Gasteiger partial charge in [0.25, 0.3) is 11.8 Å². The predicted octanol–water partition coefficient (Wildman–Crippen LogP) is 6.96. The number of carbonyl (C=O) groups is 3. The highest BCUT2D eigenvalue weighted by Gasteiger charge is 2.16. The Morgan fingerprint density at radius 3 is 2.43 bits per heavy atom. The summed E-state index contributed by atoms with van der Waals surface area (Å²) in [6, 6.07) is 27.5. The van der Waals surface area contributed by atoms with Crippen molar-refractivity contribution in [1.29, 1.82) is 0 Å². The lowest BCUT2D eigenvalue weighted by Gasteiger charge is -2.12. The summed E-state index contributed by atoms with van der Waals surface area (Å²) in [6.45, 7) is 4.02. The molecule has 5 aromatic rings. The molecule has 5 rings (SSSR count). The molecule has 0 unspecified atom stereocenters. The summed E-state index contributed by atoms with van der Waals surface area (Å²) in [5.74, 6) is -0.928. The Morgan fingerprint density at radius 2 is 1.68 bits per heavy atom. The van der Waals surface area contributed by atoms with Crippen LogP contribution in [0.4, 0.5) is 10.8 Å². The van der Waals surface area contributed by atoms with Crippen LogP contribution in [0.1, 0.15) is 26.4 Å². The summed E-state index contributed by atoms with van der Waals surface area (Å²) in [7, 11) is 0. The van der Waals surface area contributed by atoms with Gasteiger partial charge in [0.1, 0.15) is 5.70 Å². The molecule has 0 fully saturated rings. The third-order valence-corrected chi connectivity index (χ3v) is 8.23. The van der Waals surface area contributed by atoms with E-state index in [1.807, 2.05) is 50.2 Å². The second-order valence-corrected chi connectivity index (χ2v) is 12.0. The van der Waals surface area contributed by atoms with Gasteiger partial charge in [-0.15, -0.1) is 23.1 Å². The lowest BCUT2D eigenvalue weighted by molar-refractivity contribution is -0.114. The first-order valence-corrected chi connectivity index (χ1v) is 15.5. The zero-order valence-corrected chi connectivity index (χ0v) is 25.7. The molecule has 44 heavy (non-hydrogen) atoms. The molecule has 0 saturated carbocycles. The van der Waals surface area contributed by atoms with Crippen molar-refractivity contribution in [2.24, 2.45) is 0 Å². The molecule has 0 bridgehead atoms. The maximum Gasteiger partial charge on any atom is 0.272 e. The number of thiazole rings is 1. The normalized spacial score (nSPS) is 11.1. The average molecular weight is 620 g/mol. The van der Waals surface area contributed by atoms with Crippen LogP contribution < -0.4 is 16.0 Å². The van der Waals surface area contributed by atoms with Crippen molar-refractivity contribution in [3.63, 3.8) is 0 Å². The van der Waals surface area contributed by atoms with Crippen molar-refractivity contribution in [2.45, 2.75) is 18.7 Å². The first kappa shape index (κ1) is 30.4. The Bertz CT molecular complexity index is 1800. The van der Waals surface area contributed by atoms with Gasteiger partial charge >= 0.3 is 0 Å². The third kappa shape index (κ3) is 8.27. The number of nitrogens with zero attached hydrogens (tertiary/aromatic N) is 2. The van der Waals surface area contributed by atoms with Gasteiger partial charge in [-0.2, -0.15) is 0 Å². The number of pyridine rings is 1. The van der Waals surface area contributed by atoms with Crippen LogP contribution in [0.15, 0.2) is 114 Å². The molecule has 2 heterocycles. The maximum absolute atomic E-state index is 13.3. The summed E-state index contributed by atoms with van der Waals surface area (Å²) >= 11 is 2.78. The van der Waals surface area contributed by atoms with Crippen molar-refractivity contribution in [2.75, 3.05) is 16.4 Å². The van der Waals surface area contributed by atoms with Crippen LogP contribution in [-0.4, -0.2) is 33.4 Å². The summed E-state index contributed by atoms with van der Waals surface area (Å²) in [5.41, 5.74) is 4.70. The molecule has 0 aliphatic rings. The van der Waals surface area contributed by atoms with Gasteiger partial charge in [0.2, 0.25) is 5.91 Å². The highest BCUT2D eigenvalue weighted by Crippen LogP contribution is 2.31. The van der Waals surface area contributed by atoms with Crippen molar-refractivity contribution < 1.29 is 14.4 Å². The Kier molecular flexibility index (Phi) is 9.96. The van der Waals surface area contributed by atoms with Crippen LogP contribution in [0.5, 0.6) is 0 Å². The van der Waals surface area contributed by atoms with Crippen LogP contribution in [-0.2, 0) is 9.59 Å². The van der Waals surface area contributed by atoms with Crippen LogP contribution in [0, 0.1) is 13.8 Å². The molecule has 220 valence electrons. The number of amides is 3. The molecule has 3 amide bonds. The zero-order valence-electron chi connectivity index (χ0n) is 24.0. The highest BCUT2D eigenvalue weighted by atomic mass is 32.2. The minimum Gasteiger partial charge on any atom is -0.321 e. The fourth-order valence-electron chi connectivity index (χ4n) is 4.17. The van der Waals surface area contributed by atoms with E-state index in [4.69, 9.17) is 0 Å². The van der Waals surface area contributed by atoms with E-state index >= 15 is 0 Å². The van der Waals surface area contributed by atoms with Gasteiger partial charge in [0.05, 0.1) is 11.4 Å². The number of thioether (sulfide) groups is 1. The summed E-state index contributed by atoms with van der Waals surface area (Å²) in [5, 5.41) is 9.02. The van der Waals surface area contributed by atoms with E-state index in [9.17, 15) is 14.4 Å². The van der Waals surface area contributed by atoms with Gasteiger partial charge in [-0.1, -0.05) is 60.2 Å². The van der Waals surface area contributed by atoms with E-state index in [2.05, 4.69) is 25.9 Å². The molecule has 0 saturated heterocycles. The number of rotatable bonds is 10. The number of carbonyl (C=O) groups excluding carboxylic acids is 3. The van der Waals surface area contributed by atoms with Crippen molar-refractivity contribution in [3.05, 3.63) is 131 Å². The number of benzene rings is 3. The SMILES string of the molecule is Cc1ccc(-c2nc(NC(=O)CSc3cccc(NC(=O)/C(=C/c4cccnc4)NC(=O)c4ccccc4)c3)sc2C)cc1. The summed E-state index contributed by atoms with van der Waals surface area (Å²) < 4.78 is 0. The molecule has 3 N–H and O–H groups in total. The van der Waals surface area contributed by atoms with Gasteiger partial charge < -0.3 is 16.0 Å². The molecular formula is C34H29N5O3S2. The van der Waals surface area contributed by atoms with E-state index < -0.39 is 11.8 Å². The highest BCUT2D eigenvalue weighted by molar-refractivity contribution is 8.00. The topological polar surface area (TPSA) is 113 Å². The van der Waals surface area contributed by atoms with Crippen LogP contribution in [0.25, 0.3) is 17.3 Å². The second kappa shape index (κ2) is 14.4. The van der Waals surface area contributed by atoms with Crippen molar-refractivity contribution >= 4 is 57.7 Å². The van der Waals surface area contributed by atoms with Crippen molar-refractivity contribution in [1.82, 2.24) is 15.3 Å². The first-order valence-electron chi connectivity index (χ1n) is 13.7. The minimum atomic E-state index is -0.499. The third-order valence-electron chi connectivity index (χ3n) is 6.35. The molecule has 2 aromatic heterocycles. The number of nitrogens with one attached hydrogen (secondary N) is 3. The molecular weight excluding hydrogens is 591 g/mol. The Labute approximate surface area is 263 Å². The Morgan fingerprint density at radius 1 is 0.886 bits per heavy atom. The van der Waals surface area contributed by atoms with Crippen molar-refractivity contribution in [3.8, 4) is 11.3 Å². The second-order valence-electron chi connectivity index (χ2n) is 9.77. The lowest BCUT2D eigenvalue weighted by Crippen LogP contribution is -2.30. The Balaban J connectivity index is 1.22. The molecule has 0 radical (unpaired) electrons. The van der Waals surface area contributed by atoms with Gasteiger partial charge in [0.15, 0.2) is 5.13 Å². The Hall–Kier alpha value is -5.06. The van der Waals surface area contributed by atoms with Gasteiger partial charge in [-0.3, -0.25) is 19.4 Å². The number of hydrogen-bond donors (Lipinski definition) is 3. The molecule has 0 aliphatic heterocycles. The molecule has 0 atom stereocenters. The molecule has 10 heteroatoms. The average Bonchev–Trinajstić information content (AvgIpc) is 3.40. The molecule has 0 spiro atoms. The van der Waals surface area contributed by atoms with Crippen LogP contribution >= 0.6 is 23.1 Å². The quantitative estimate of drug-likeness (QED) is 0.115. The fourth-order valence-corrected chi connectivity index (χ4v) is 5.77. The standard InChI is InChI=1S/C34H29N5O3S2/c1-22-13-15-25(16-14-22)31-23(2)44-34(39-31)38-30(40)21-43-28-12-6-11-27(19-28)36-33(42)29(18-24-8-7-17-35-20-24)37-32(41)26-9-4-3-5-10-26/h3-20H,21H2,1-2H3,(H,36,42)(H,37,41)(H,38,39,40)/b29-18-. The lowest BCUT2D eigenvalue weighted by atomic mass is 10.1. The smallest absolute Gasteiger partial charge is 0.272 e. The van der Waals surface area contributed by atoms with Gasteiger partial charge in [-0.25, -0.2) is 4.98 Å². The van der Waals surface area contributed by atoms with Crippen LogP contribution in [0.2, 0.25) is 0 Å². The first-order chi connectivity index (χ1) is 21.3. The van der Waals surface area contributed by atoms with E-state index in [1.54, 1.807) is 73.1 Å². The zero-order chi connectivity index (χ0) is 30.9. The summed E-state index contributed by atoms with van der Waals surface area (Å²) in [6.07, 6.45) is 4.79. The fraction of sp³-hybridized carbons (Fsp3) is 0.0882. The van der Waals surface area contributed by atoms with Gasteiger partial charge in [0, 0.05) is 39.0 Å². The molecule has 0 aliphatic carbocycles. The predicted molar refractivity (Wildman–Crippen MR) is 178 cm³/mol. The monoisotopic (exact) mass is 619 g/mol. The number of anilines is 2. The number of hydrogen-bond acceptors (Lipinski definition) is 7. The number of aryl methyl sites for hydroxylation is 2.